The van der Waals surface area contributed by atoms with Crippen LogP contribution in [0.2, 0.25) is 0 Å². The van der Waals surface area contributed by atoms with Gasteiger partial charge in [0.05, 0.1) is 25.0 Å². The normalized spacial score (nSPS) is 11.2. The van der Waals surface area contributed by atoms with E-state index in [-0.39, 0.29) is 0 Å². The summed E-state index contributed by atoms with van der Waals surface area (Å²) in [4.78, 5) is 2.39. The first kappa shape index (κ1) is 15.4. The minimum absolute atomic E-state index is 0.685. The number of rotatable bonds is 8. The number of hydrogen-bond donors (Lipinski definition) is 1. The summed E-state index contributed by atoms with van der Waals surface area (Å²) in [5.74, 6) is 0.935. The fraction of sp³-hybridized carbons (Fsp3) is 0.500. The zero-order chi connectivity index (χ0) is 14.4. The van der Waals surface area contributed by atoms with Crippen molar-refractivity contribution in [3.8, 4) is 0 Å². The summed E-state index contributed by atoms with van der Waals surface area (Å²) in [5.41, 5.74) is 1.02. The molecule has 0 aliphatic rings. The smallest absolute Gasteiger partial charge is 0.164 e. The van der Waals surface area contributed by atoms with Gasteiger partial charge >= 0.3 is 0 Å². The maximum absolute atomic E-state index is 5.51. The molecule has 0 unspecified atom stereocenters. The van der Waals surface area contributed by atoms with Crippen molar-refractivity contribution in [1.82, 2.24) is 14.7 Å². The van der Waals surface area contributed by atoms with Crippen molar-refractivity contribution in [3.05, 3.63) is 34.1 Å². The van der Waals surface area contributed by atoms with E-state index in [0.29, 0.717) is 6.54 Å². The number of anilines is 1. The second-order valence-corrected chi connectivity index (χ2v) is 5.64. The van der Waals surface area contributed by atoms with Gasteiger partial charge in [-0.3, -0.25) is 4.68 Å². The third-order valence-electron chi connectivity index (χ3n) is 3.27. The Morgan fingerprint density at radius 3 is 2.80 bits per heavy atom. The minimum atomic E-state index is 0.685. The molecule has 0 fully saturated rings. The van der Waals surface area contributed by atoms with Gasteiger partial charge in [0.1, 0.15) is 5.76 Å². The van der Waals surface area contributed by atoms with Gasteiger partial charge in [0.15, 0.2) is 3.77 Å². The van der Waals surface area contributed by atoms with Crippen LogP contribution in [0.15, 0.2) is 28.9 Å². The highest BCUT2D eigenvalue weighted by Crippen LogP contribution is 2.12. The average molecular weight is 388 g/mol. The molecule has 20 heavy (non-hydrogen) atoms. The third kappa shape index (κ3) is 4.52. The monoisotopic (exact) mass is 388 g/mol. The zero-order valence-electron chi connectivity index (χ0n) is 12.0. The van der Waals surface area contributed by atoms with Crippen LogP contribution >= 0.6 is 22.6 Å². The molecule has 0 spiro atoms. The van der Waals surface area contributed by atoms with Crippen molar-refractivity contribution in [2.75, 3.05) is 25.0 Å². The summed E-state index contributed by atoms with van der Waals surface area (Å²) in [6, 6.07) is 3.95. The summed E-state index contributed by atoms with van der Waals surface area (Å²) >= 11 is 2.17. The molecule has 0 aromatic carbocycles. The van der Waals surface area contributed by atoms with Crippen LogP contribution < -0.4 is 5.32 Å². The quantitative estimate of drug-likeness (QED) is 0.707. The molecule has 0 aliphatic heterocycles. The van der Waals surface area contributed by atoms with Gasteiger partial charge in [-0.2, -0.15) is 5.10 Å². The molecular formula is C14H21IN4O. The van der Waals surface area contributed by atoms with Crippen LogP contribution in [-0.2, 0) is 13.1 Å². The van der Waals surface area contributed by atoms with Gasteiger partial charge in [0.25, 0.3) is 0 Å². The third-order valence-corrected chi connectivity index (χ3v) is 3.85. The van der Waals surface area contributed by atoms with Gasteiger partial charge < -0.3 is 14.6 Å². The van der Waals surface area contributed by atoms with E-state index in [4.69, 9.17) is 4.42 Å². The summed E-state index contributed by atoms with van der Waals surface area (Å²) in [6.45, 7) is 9.17. The van der Waals surface area contributed by atoms with E-state index in [1.165, 1.54) is 0 Å². The number of halogens is 1. The van der Waals surface area contributed by atoms with Gasteiger partial charge in [-0.25, -0.2) is 0 Å². The molecule has 0 aliphatic carbocycles. The lowest BCUT2D eigenvalue weighted by atomic mass is 10.4. The number of likely N-dealkylation sites (N-methyl/N-ethyl adjacent to an activating group) is 1. The van der Waals surface area contributed by atoms with Crippen LogP contribution in [0.3, 0.4) is 0 Å². The number of furan rings is 1. The molecule has 2 rings (SSSR count). The van der Waals surface area contributed by atoms with Crippen molar-refractivity contribution < 1.29 is 4.42 Å². The Labute approximate surface area is 133 Å². The second kappa shape index (κ2) is 7.68. The van der Waals surface area contributed by atoms with Crippen molar-refractivity contribution in [1.29, 1.82) is 0 Å². The molecular weight excluding hydrogens is 367 g/mol. The lowest BCUT2D eigenvalue weighted by Crippen LogP contribution is -2.27. The van der Waals surface area contributed by atoms with Gasteiger partial charge in [-0.05, 0) is 47.8 Å². The van der Waals surface area contributed by atoms with Crippen molar-refractivity contribution in [2.24, 2.45) is 0 Å². The van der Waals surface area contributed by atoms with E-state index in [9.17, 15) is 0 Å². The fourth-order valence-corrected chi connectivity index (χ4v) is 2.46. The molecule has 0 bridgehead atoms. The van der Waals surface area contributed by atoms with E-state index in [2.05, 4.69) is 51.8 Å². The van der Waals surface area contributed by atoms with Crippen molar-refractivity contribution >= 4 is 28.3 Å². The Balaban J connectivity index is 1.80. The van der Waals surface area contributed by atoms with Crippen LogP contribution in [0, 0.1) is 3.77 Å². The van der Waals surface area contributed by atoms with E-state index in [0.717, 1.165) is 41.4 Å². The van der Waals surface area contributed by atoms with Gasteiger partial charge in [0, 0.05) is 12.7 Å². The predicted molar refractivity (Wildman–Crippen MR) is 88.8 cm³/mol. The topological polar surface area (TPSA) is 46.2 Å². The molecule has 0 atom stereocenters. The van der Waals surface area contributed by atoms with Gasteiger partial charge in [0.2, 0.25) is 0 Å². The molecule has 0 radical (unpaired) electrons. The van der Waals surface area contributed by atoms with Crippen molar-refractivity contribution in [2.45, 2.75) is 26.9 Å². The number of nitrogens with zero attached hydrogens (tertiary/aromatic N) is 3. The molecule has 6 heteroatoms. The molecule has 1 N–H and O–H groups in total. The van der Waals surface area contributed by atoms with Crippen LogP contribution in [0.5, 0.6) is 0 Å². The first-order valence-corrected chi connectivity index (χ1v) is 8.02. The first-order valence-electron chi connectivity index (χ1n) is 6.94. The second-order valence-electron chi connectivity index (χ2n) is 4.58. The average Bonchev–Trinajstić information content (AvgIpc) is 3.07. The highest BCUT2D eigenvalue weighted by molar-refractivity contribution is 14.1. The number of aromatic nitrogens is 2. The van der Waals surface area contributed by atoms with E-state index in [1.807, 2.05) is 29.2 Å². The first-order chi connectivity index (χ1) is 9.71. The molecule has 2 heterocycles. The molecule has 2 aromatic rings. The maximum Gasteiger partial charge on any atom is 0.164 e. The Morgan fingerprint density at radius 2 is 2.15 bits per heavy atom. The fourth-order valence-electron chi connectivity index (χ4n) is 2.00. The Bertz CT molecular complexity index is 519. The zero-order valence-corrected chi connectivity index (χ0v) is 14.1. The Morgan fingerprint density at radius 1 is 1.35 bits per heavy atom. The SMILES string of the molecule is CCN(CC)CCn1cc(NCc2ccc(I)o2)cn1. The molecule has 5 nitrogen and oxygen atoms in total. The summed E-state index contributed by atoms with van der Waals surface area (Å²) in [5, 5.41) is 7.69. The van der Waals surface area contributed by atoms with Crippen LogP contribution in [0.25, 0.3) is 0 Å². The highest BCUT2D eigenvalue weighted by atomic mass is 127. The largest absolute Gasteiger partial charge is 0.454 e. The number of hydrogen-bond acceptors (Lipinski definition) is 4. The standard InChI is InChI=1S/C14H21IN4O/c1-3-18(4-2)7-8-19-11-12(9-17-19)16-10-13-5-6-14(15)20-13/h5-6,9,11,16H,3-4,7-8,10H2,1-2H3. The highest BCUT2D eigenvalue weighted by Gasteiger charge is 2.03. The van der Waals surface area contributed by atoms with Crippen LogP contribution in [-0.4, -0.2) is 34.3 Å². The molecule has 2 aromatic heterocycles. The molecule has 0 amide bonds. The van der Waals surface area contributed by atoms with Crippen molar-refractivity contribution in [3.63, 3.8) is 0 Å². The van der Waals surface area contributed by atoms with Crippen LogP contribution in [0.4, 0.5) is 5.69 Å². The Hall–Kier alpha value is -1.02. The maximum atomic E-state index is 5.51. The van der Waals surface area contributed by atoms with Gasteiger partial charge in [-0.1, -0.05) is 13.8 Å². The summed E-state index contributed by atoms with van der Waals surface area (Å²) in [7, 11) is 0. The molecule has 0 saturated carbocycles. The lowest BCUT2D eigenvalue weighted by molar-refractivity contribution is 0.285. The van der Waals surface area contributed by atoms with Crippen LogP contribution in [0.1, 0.15) is 19.6 Å². The summed E-state index contributed by atoms with van der Waals surface area (Å²) < 4.78 is 8.40. The van der Waals surface area contributed by atoms with E-state index >= 15 is 0 Å². The molecule has 0 saturated heterocycles. The van der Waals surface area contributed by atoms with E-state index in [1.54, 1.807) is 0 Å². The minimum Gasteiger partial charge on any atom is -0.454 e. The lowest BCUT2D eigenvalue weighted by Gasteiger charge is -2.17. The molecule has 110 valence electrons. The Kier molecular flexibility index (Phi) is 5.90. The summed E-state index contributed by atoms with van der Waals surface area (Å²) in [6.07, 6.45) is 3.90. The van der Waals surface area contributed by atoms with Gasteiger partial charge in [-0.15, -0.1) is 0 Å². The predicted octanol–water partition coefficient (Wildman–Crippen LogP) is 3.03. The number of nitrogens with one attached hydrogen (secondary N) is 1. The van der Waals surface area contributed by atoms with E-state index < -0.39 is 0 Å².